The van der Waals surface area contributed by atoms with Crippen LogP contribution in [0, 0.1) is 0 Å². The van der Waals surface area contributed by atoms with Gasteiger partial charge in [0.05, 0.1) is 23.6 Å². The summed E-state index contributed by atoms with van der Waals surface area (Å²) in [5, 5.41) is 0. The van der Waals surface area contributed by atoms with E-state index in [9.17, 15) is 8.42 Å². The highest BCUT2D eigenvalue weighted by molar-refractivity contribution is 7.89. The van der Waals surface area contributed by atoms with Crippen LogP contribution in [-0.4, -0.2) is 67.6 Å². The van der Waals surface area contributed by atoms with Crippen LogP contribution in [0.15, 0.2) is 53.7 Å². The van der Waals surface area contributed by atoms with E-state index in [1.165, 1.54) is 0 Å². The van der Waals surface area contributed by atoms with Gasteiger partial charge in [0.2, 0.25) is 10.0 Å². The first-order chi connectivity index (χ1) is 11.6. The van der Waals surface area contributed by atoms with Gasteiger partial charge in [-0.1, -0.05) is 0 Å². The highest BCUT2D eigenvalue weighted by Gasteiger charge is 2.43. The van der Waals surface area contributed by atoms with E-state index in [0.29, 0.717) is 24.6 Å². The quantitative estimate of drug-likeness (QED) is 0.837. The van der Waals surface area contributed by atoms with Gasteiger partial charge in [-0.2, -0.15) is 4.31 Å². The summed E-state index contributed by atoms with van der Waals surface area (Å²) in [5.74, 6) is 0. The van der Waals surface area contributed by atoms with Crippen molar-refractivity contribution < 1.29 is 13.2 Å². The molecule has 6 nitrogen and oxygen atoms in total. The maximum Gasteiger partial charge on any atom is 0.243 e. The predicted octanol–water partition coefficient (Wildman–Crippen LogP) is 1.18. The van der Waals surface area contributed by atoms with Crippen molar-refractivity contribution in [3.63, 3.8) is 0 Å². The molecule has 2 unspecified atom stereocenters. The molecule has 2 aliphatic rings. The second-order valence-electron chi connectivity index (χ2n) is 6.36. The highest BCUT2D eigenvalue weighted by Crippen LogP contribution is 2.27. The van der Waals surface area contributed by atoms with E-state index >= 15 is 0 Å². The summed E-state index contributed by atoms with van der Waals surface area (Å²) in [6.07, 6.45) is 3.83. The topological polar surface area (TPSA) is 54.8 Å². The Morgan fingerprint density at radius 2 is 1.79 bits per heavy atom. The molecule has 1 aromatic heterocycles. The summed E-state index contributed by atoms with van der Waals surface area (Å²) in [5.41, 5.74) is 0.942. The highest BCUT2D eigenvalue weighted by atomic mass is 32.2. The SMILES string of the molecule is CN1CCOC2CN(S(=O)(=O)c3ccc(-n4cccc4)cc3)CC21. The molecule has 2 fully saturated rings. The molecule has 0 N–H and O–H groups in total. The lowest BCUT2D eigenvalue weighted by atomic mass is 10.1. The Labute approximate surface area is 142 Å². The first-order valence-corrected chi connectivity index (χ1v) is 9.55. The number of sulfonamides is 1. The van der Waals surface area contributed by atoms with Gasteiger partial charge in [0.25, 0.3) is 0 Å². The van der Waals surface area contributed by atoms with Gasteiger partial charge in [-0.25, -0.2) is 8.42 Å². The lowest BCUT2D eigenvalue weighted by molar-refractivity contribution is -0.0366. The Bertz CT molecular complexity index is 802. The van der Waals surface area contributed by atoms with Crippen LogP contribution < -0.4 is 0 Å². The molecule has 3 heterocycles. The van der Waals surface area contributed by atoms with Crippen molar-refractivity contribution in [3.05, 3.63) is 48.8 Å². The number of nitrogens with zero attached hydrogens (tertiary/aromatic N) is 3. The molecular weight excluding hydrogens is 326 g/mol. The van der Waals surface area contributed by atoms with E-state index in [2.05, 4.69) is 4.90 Å². The van der Waals surface area contributed by atoms with Crippen molar-refractivity contribution in [1.82, 2.24) is 13.8 Å². The molecule has 0 saturated carbocycles. The van der Waals surface area contributed by atoms with Crippen LogP contribution in [-0.2, 0) is 14.8 Å². The van der Waals surface area contributed by atoms with E-state index in [4.69, 9.17) is 4.74 Å². The fourth-order valence-corrected chi connectivity index (χ4v) is 4.94. The third-order valence-electron chi connectivity index (χ3n) is 4.92. The maximum atomic E-state index is 12.9. The summed E-state index contributed by atoms with van der Waals surface area (Å²) in [6.45, 7) is 2.43. The second kappa shape index (κ2) is 6.00. The molecule has 7 heteroatoms. The van der Waals surface area contributed by atoms with Crippen LogP contribution in [0.1, 0.15) is 0 Å². The number of likely N-dealkylation sites (N-methyl/N-ethyl adjacent to an activating group) is 1. The molecule has 2 aliphatic heterocycles. The molecule has 0 spiro atoms. The molecule has 2 aromatic rings. The van der Waals surface area contributed by atoms with Crippen LogP contribution >= 0.6 is 0 Å². The molecule has 0 amide bonds. The summed E-state index contributed by atoms with van der Waals surface area (Å²) >= 11 is 0. The fraction of sp³-hybridized carbons (Fsp3) is 0.412. The van der Waals surface area contributed by atoms with Crippen LogP contribution in [0.4, 0.5) is 0 Å². The summed E-state index contributed by atoms with van der Waals surface area (Å²) in [4.78, 5) is 2.53. The minimum absolute atomic E-state index is 0.0299. The van der Waals surface area contributed by atoms with Crippen molar-refractivity contribution in [2.45, 2.75) is 17.0 Å². The minimum Gasteiger partial charge on any atom is -0.374 e. The average Bonchev–Trinajstić information content (AvgIpc) is 3.25. The number of hydrogen-bond acceptors (Lipinski definition) is 4. The lowest BCUT2D eigenvalue weighted by Gasteiger charge is -2.33. The Balaban J connectivity index is 1.57. The zero-order valence-corrected chi connectivity index (χ0v) is 14.4. The van der Waals surface area contributed by atoms with E-state index < -0.39 is 10.0 Å². The summed E-state index contributed by atoms with van der Waals surface area (Å²) in [6, 6.07) is 11.0. The van der Waals surface area contributed by atoms with Gasteiger partial charge in [0, 0.05) is 37.7 Å². The van der Waals surface area contributed by atoms with Gasteiger partial charge in [-0.15, -0.1) is 0 Å². The van der Waals surface area contributed by atoms with Crippen molar-refractivity contribution >= 4 is 10.0 Å². The van der Waals surface area contributed by atoms with Gasteiger partial charge >= 0.3 is 0 Å². The van der Waals surface area contributed by atoms with Crippen LogP contribution in [0.25, 0.3) is 5.69 Å². The first kappa shape index (κ1) is 15.8. The minimum atomic E-state index is -3.49. The molecule has 2 atom stereocenters. The van der Waals surface area contributed by atoms with Gasteiger partial charge < -0.3 is 9.30 Å². The average molecular weight is 347 g/mol. The number of morpholine rings is 1. The molecule has 1 aromatic carbocycles. The van der Waals surface area contributed by atoms with E-state index in [-0.39, 0.29) is 12.1 Å². The number of hydrogen-bond donors (Lipinski definition) is 0. The largest absolute Gasteiger partial charge is 0.374 e. The number of fused-ring (bicyclic) bond motifs is 1. The number of rotatable bonds is 3. The predicted molar refractivity (Wildman–Crippen MR) is 90.7 cm³/mol. The molecule has 0 aliphatic carbocycles. The van der Waals surface area contributed by atoms with Gasteiger partial charge in [0.15, 0.2) is 0 Å². The maximum absolute atomic E-state index is 12.9. The molecular formula is C17H21N3O3S. The first-order valence-electron chi connectivity index (χ1n) is 8.11. The van der Waals surface area contributed by atoms with Gasteiger partial charge in [0.1, 0.15) is 0 Å². The third-order valence-corrected chi connectivity index (χ3v) is 6.77. The third kappa shape index (κ3) is 2.67. The smallest absolute Gasteiger partial charge is 0.243 e. The molecule has 4 rings (SSSR count). The molecule has 2 saturated heterocycles. The van der Waals surface area contributed by atoms with Crippen LogP contribution in [0.2, 0.25) is 0 Å². The summed E-state index contributed by atoms with van der Waals surface area (Å²) < 4.78 is 35.1. The van der Waals surface area contributed by atoms with Gasteiger partial charge in [-0.3, -0.25) is 4.90 Å². The van der Waals surface area contributed by atoms with Crippen molar-refractivity contribution in [3.8, 4) is 5.69 Å². The zero-order chi connectivity index (χ0) is 16.7. The van der Waals surface area contributed by atoms with Crippen molar-refractivity contribution in [2.75, 3.05) is 33.3 Å². The van der Waals surface area contributed by atoms with Crippen molar-refractivity contribution in [1.29, 1.82) is 0 Å². The number of aromatic nitrogens is 1. The molecule has 24 heavy (non-hydrogen) atoms. The van der Waals surface area contributed by atoms with E-state index in [0.717, 1.165) is 12.2 Å². The Kier molecular flexibility index (Phi) is 3.96. The van der Waals surface area contributed by atoms with Crippen LogP contribution in [0.5, 0.6) is 0 Å². The molecule has 0 radical (unpaired) electrons. The fourth-order valence-electron chi connectivity index (χ4n) is 3.47. The summed E-state index contributed by atoms with van der Waals surface area (Å²) in [7, 11) is -1.46. The van der Waals surface area contributed by atoms with Crippen LogP contribution in [0.3, 0.4) is 0 Å². The lowest BCUT2D eigenvalue weighted by Crippen LogP contribution is -2.48. The van der Waals surface area contributed by atoms with Crippen molar-refractivity contribution in [2.24, 2.45) is 0 Å². The monoisotopic (exact) mass is 347 g/mol. The number of benzene rings is 1. The number of ether oxygens (including phenoxy) is 1. The standard InChI is InChI=1S/C17H21N3O3S/c1-18-10-11-23-17-13-20(12-16(17)18)24(21,22)15-6-4-14(5-7-15)19-8-2-3-9-19/h2-9,16-17H,10-13H2,1H3. The van der Waals surface area contributed by atoms with Gasteiger partial charge in [-0.05, 0) is 43.4 Å². The normalized spacial score (nSPS) is 25.7. The zero-order valence-electron chi connectivity index (χ0n) is 13.6. The van der Waals surface area contributed by atoms with E-state index in [1.54, 1.807) is 16.4 Å². The molecule has 128 valence electrons. The van der Waals surface area contributed by atoms with E-state index in [1.807, 2.05) is 48.3 Å². The molecule has 0 bridgehead atoms. The Morgan fingerprint density at radius 1 is 1.08 bits per heavy atom. The Morgan fingerprint density at radius 3 is 2.46 bits per heavy atom. The Hall–Kier alpha value is -1.67. The second-order valence-corrected chi connectivity index (χ2v) is 8.30.